The smallest absolute Gasteiger partial charge is 0.312 e. The number of carbonyl (C=O) groups excluding carboxylic acids is 1. The van der Waals surface area contributed by atoms with E-state index in [-0.39, 0.29) is 11.9 Å². The van der Waals surface area contributed by atoms with Crippen LogP contribution in [0.15, 0.2) is 0 Å². The predicted octanol–water partition coefficient (Wildman–Crippen LogP) is 1.84. The van der Waals surface area contributed by atoms with Gasteiger partial charge in [-0.1, -0.05) is 0 Å². The Bertz CT molecular complexity index is 258. The zero-order chi connectivity index (χ0) is 11.0. The minimum absolute atomic E-state index is 0.146. The van der Waals surface area contributed by atoms with Crippen molar-refractivity contribution in [3.8, 4) is 12.3 Å². The summed E-state index contributed by atoms with van der Waals surface area (Å²) in [7, 11) is -0.661. The molecule has 0 rings (SSSR count). The molecule has 5 heteroatoms. The van der Waals surface area contributed by atoms with Crippen LogP contribution in [0.25, 0.3) is 0 Å². The third-order valence-electron chi connectivity index (χ3n) is 1.70. The van der Waals surface area contributed by atoms with Crippen molar-refractivity contribution in [1.82, 2.24) is 0 Å². The molecule has 0 atom stereocenters. The van der Waals surface area contributed by atoms with Crippen molar-refractivity contribution in [2.24, 2.45) is 0 Å². The van der Waals surface area contributed by atoms with E-state index < -0.39 is 7.60 Å². The first kappa shape index (κ1) is 13.4. The summed E-state index contributed by atoms with van der Waals surface area (Å²) in [6.45, 7) is 0. The fraction of sp³-hybridized carbons (Fsp3) is 0.667. The van der Waals surface area contributed by atoms with Crippen LogP contribution in [-0.2, 0) is 18.4 Å². The SMILES string of the molecule is C#CCCCC(=O)CP(=O)(OC)OC. The van der Waals surface area contributed by atoms with Crippen LogP contribution in [0.1, 0.15) is 19.3 Å². The second kappa shape index (κ2) is 6.78. The topological polar surface area (TPSA) is 52.6 Å². The molecule has 0 unspecified atom stereocenters. The van der Waals surface area contributed by atoms with Crippen molar-refractivity contribution in [3.63, 3.8) is 0 Å². The third-order valence-corrected chi connectivity index (χ3v) is 3.56. The monoisotopic (exact) mass is 218 g/mol. The molecule has 0 radical (unpaired) electrons. The van der Waals surface area contributed by atoms with Gasteiger partial charge in [-0.15, -0.1) is 12.3 Å². The largest absolute Gasteiger partial charge is 0.337 e. The van der Waals surface area contributed by atoms with Crippen LogP contribution >= 0.6 is 7.60 Å². The summed E-state index contributed by atoms with van der Waals surface area (Å²) >= 11 is 0. The van der Waals surface area contributed by atoms with E-state index in [4.69, 9.17) is 6.42 Å². The highest BCUT2D eigenvalue weighted by Gasteiger charge is 2.24. The standard InChI is InChI=1S/C9H15O4P/c1-4-5-6-7-9(10)8-14(11,12-2)13-3/h1H,5-8H2,2-3H3. The number of Topliss-reactive ketones (excluding diaryl/α,β-unsaturated/α-hetero) is 1. The van der Waals surface area contributed by atoms with Crippen LogP contribution in [-0.4, -0.2) is 26.2 Å². The van der Waals surface area contributed by atoms with Crippen molar-refractivity contribution < 1.29 is 18.4 Å². The van der Waals surface area contributed by atoms with Gasteiger partial charge in [-0.2, -0.15) is 0 Å². The molecule has 0 aromatic heterocycles. The van der Waals surface area contributed by atoms with Crippen LogP contribution < -0.4 is 0 Å². The lowest BCUT2D eigenvalue weighted by molar-refractivity contribution is -0.117. The van der Waals surface area contributed by atoms with Gasteiger partial charge in [0.2, 0.25) is 0 Å². The highest BCUT2D eigenvalue weighted by Crippen LogP contribution is 2.46. The molecule has 0 aliphatic heterocycles. The molecule has 0 saturated carbocycles. The second-order valence-electron chi connectivity index (χ2n) is 2.73. The first-order valence-electron chi connectivity index (χ1n) is 4.23. The molecular weight excluding hydrogens is 203 g/mol. The number of terminal acetylenes is 1. The van der Waals surface area contributed by atoms with Gasteiger partial charge in [0, 0.05) is 27.1 Å². The fourth-order valence-corrected chi connectivity index (χ4v) is 1.88. The van der Waals surface area contributed by atoms with E-state index in [2.05, 4.69) is 15.0 Å². The summed E-state index contributed by atoms with van der Waals surface area (Å²) < 4.78 is 20.8. The molecule has 0 heterocycles. The van der Waals surface area contributed by atoms with Gasteiger partial charge in [0.25, 0.3) is 0 Å². The fourth-order valence-electron chi connectivity index (χ4n) is 0.886. The Balaban J connectivity index is 3.93. The van der Waals surface area contributed by atoms with Crippen molar-refractivity contribution in [2.75, 3.05) is 20.4 Å². The molecule has 80 valence electrons. The number of hydrogen-bond acceptors (Lipinski definition) is 4. The van der Waals surface area contributed by atoms with Crippen LogP contribution in [0.4, 0.5) is 0 Å². The summed E-state index contributed by atoms with van der Waals surface area (Å²) in [6, 6.07) is 0. The van der Waals surface area contributed by atoms with E-state index in [1.165, 1.54) is 14.2 Å². The van der Waals surface area contributed by atoms with Gasteiger partial charge in [0.1, 0.15) is 11.9 Å². The summed E-state index contributed by atoms with van der Waals surface area (Å²) in [6.07, 6.45) is 6.34. The van der Waals surface area contributed by atoms with E-state index in [1.54, 1.807) is 0 Å². The number of hydrogen-bond donors (Lipinski definition) is 0. The molecule has 0 spiro atoms. The average molecular weight is 218 g/mol. The molecule has 0 aromatic carbocycles. The van der Waals surface area contributed by atoms with Gasteiger partial charge in [-0.3, -0.25) is 9.36 Å². The summed E-state index contributed by atoms with van der Waals surface area (Å²) in [5, 5.41) is 0. The molecule has 0 aliphatic carbocycles. The van der Waals surface area contributed by atoms with Crippen LogP contribution in [0.3, 0.4) is 0 Å². The van der Waals surface area contributed by atoms with Crippen LogP contribution in [0, 0.1) is 12.3 Å². The summed E-state index contributed by atoms with van der Waals surface area (Å²) in [5.74, 6) is 2.28. The van der Waals surface area contributed by atoms with E-state index in [1.807, 2.05) is 0 Å². The molecule has 0 amide bonds. The predicted molar refractivity (Wildman–Crippen MR) is 54.2 cm³/mol. The van der Waals surface area contributed by atoms with Gasteiger partial charge < -0.3 is 9.05 Å². The molecule has 0 fully saturated rings. The lowest BCUT2D eigenvalue weighted by atomic mass is 10.2. The maximum atomic E-state index is 11.5. The number of carbonyl (C=O) groups is 1. The maximum absolute atomic E-state index is 11.5. The van der Waals surface area contributed by atoms with Crippen molar-refractivity contribution in [3.05, 3.63) is 0 Å². The lowest BCUT2D eigenvalue weighted by Gasteiger charge is -2.11. The van der Waals surface area contributed by atoms with Crippen molar-refractivity contribution >= 4 is 13.4 Å². The van der Waals surface area contributed by atoms with Crippen molar-refractivity contribution in [2.45, 2.75) is 19.3 Å². The maximum Gasteiger partial charge on any atom is 0.337 e. The minimum atomic E-state index is -3.19. The summed E-state index contributed by atoms with van der Waals surface area (Å²) in [5.41, 5.74) is 0. The van der Waals surface area contributed by atoms with Gasteiger partial charge in [-0.05, 0) is 6.42 Å². The van der Waals surface area contributed by atoms with Gasteiger partial charge in [0.05, 0.1) is 0 Å². The normalized spacial score (nSPS) is 10.9. The Morgan fingerprint density at radius 3 is 2.43 bits per heavy atom. The molecular formula is C9H15O4P. The Morgan fingerprint density at radius 1 is 1.43 bits per heavy atom. The van der Waals surface area contributed by atoms with E-state index in [0.29, 0.717) is 19.3 Å². The first-order valence-corrected chi connectivity index (χ1v) is 5.96. The van der Waals surface area contributed by atoms with Crippen LogP contribution in [0.2, 0.25) is 0 Å². The van der Waals surface area contributed by atoms with Gasteiger partial charge >= 0.3 is 7.60 Å². The Morgan fingerprint density at radius 2 is 2.00 bits per heavy atom. The average Bonchev–Trinajstić information content (AvgIpc) is 2.18. The molecule has 0 aromatic rings. The van der Waals surface area contributed by atoms with Gasteiger partial charge in [0.15, 0.2) is 0 Å². The molecule has 0 aliphatic rings. The molecule has 4 nitrogen and oxygen atoms in total. The minimum Gasteiger partial charge on any atom is -0.312 e. The Hall–Kier alpha value is -0.620. The molecule has 0 bridgehead atoms. The highest BCUT2D eigenvalue weighted by molar-refractivity contribution is 7.54. The van der Waals surface area contributed by atoms with E-state index in [9.17, 15) is 9.36 Å². The van der Waals surface area contributed by atoms with Crippen LogP contribution in [0.5, 0.6) is 0 Å². The summed E-state index contributed by atoms with van der Waals surface area (Å²) in [4.78, 5) is 11.3. The van der Waals surface area contributed by atoms with E-state index >= 15 is 0 Å². The van der Waals surface area contributed by atoms with E-state index in [0.717, 1.165) is 0 Å². The highest BCUT2D eigenvalue weighted by atomic mass is 31.2. The zero-order valence-electron chi connectivity index (χ0n) is 8.49. The lowest BCUT2D eigenvalue weighted by Crippen LogP contribution is -2.07. The molecule has 0 N–H and O–H groups in total. The quantitative estimate of drug-likeness (QED) is 0.371. The zero-order valence-corrected chi connectivity index (χ0v) is 9.38. The third kappa shape index (κ3) is 5.18. The first-order chi connectivity index (χ1) is 6.58. The Labute approximate surface area is 84.5 Å². The molecule has 0 saturated heterocycles. The number of rotatable bonds is 7. The molecule has 14 heavy (non-hydrogen) atoms. The Kier molecular flexibility index (Phi) is 6.48. The number of unbranched alkanes of at least 4 members (excludes halogenated alkanes) is 1. The number of ketones is 1. The van der Waals surface area contributed by atoms with Gasteiger partial charge in [-0.25, -0.2) is 0 Å². The van der Waals surface area contributed by atoms with Crippen molar-refractivity contribution in [1.29, 1.82) is 0 Å². The second-order valence-corrected chi connectivity index (χ2v) is 5.00.